The Morgan fingerprint density at radius 2 is 2.16 bits per heavy atom. The number of amides is 1. The van der Waals surface area contributed by atoms with Crippen LogP contribution >= 0.6 is 0 Å². The van der Waals surface area contributed by atoms with E-state index in [1.807, 2.05) is 6.92 Å². The van der Waals surface area contributed by atoms with Gasteiger partial charge in [-0.2, -0.15) is 5.10 Å². The molecule has 3 rings (SSSR count). The first kappa shape index (κ1) is 16.8. The summed E-state index contributed by atoms with van der Waals surface area (Å²) < 4.78 is 1.50. The SMILES string of the molecule is CCC(O)Cn1nc(CC(N)=O)nc1-c1cc(C)c2c(=O)[nH][nH]c2n1. The summed E-state index contributed by atoms with van der Waals surface area (Å²) in [7, 11) is 0. The van der Waals surface area contributed by atoms with E-state index in [-0.39, 0.29) is 24.3 Å². The lowest BCUT2D eigenvalue weighted by Gasteiger charge is -2.10. The fraction of sp³-hybridized carbons (Fsp3) is 0.400. The summed E-state index contributed by atoms with van der Waals surface area (Å²) in [4.78, 5) is 31.7. The monoisotopic (exact) mass is 345 g/mol. The van der Waals surface area contributed by atoms with E-state index in [1.54, 1.807) is 13.0 Å². The molecule has 0 aliphatic rings. The number of fused-ring (bicyclic) bond motifs is 1. The normalized spacial score (nSPS) is 12.6. The number of aliphatic hydroxyl groups excluding tert-OH is 1. The highest BCUT2D eigenvalue weighted by Gasteiger charge is 2.18. The fourth-order valence-electron chi connectivity index (χ4n) is 2.61. The zero-order chi connectivity index (χ0) is 18.1. The molecule has 25 heavy (non-hydrogen) atoms. The minimum Gasteiger partial charge on any atom is -0.391 e. The first-order chi connectivity index (χ1) is 11.9. The molecule has 0 aromatic carbocycles. The topological polar surface area (TPSA) is 156 Å². The van der Waals surface area contributed by atoms with Gasteiger partial charge in [-0.25, -0.2) is 14.6 Å². The third kappa shape index (κ3) is 3.29. The van der Waals surface area contributed by atoms with Gasteiger partial charge in [-0.3, -0.25) is 19.8 Å². The van der Waals surface area contributed by atoms with Gasteiger partial charge in [0.15, 0.2) is 17.3 Å². The van der Waals surface area contributed by atoms with Crippen LogP contribution in [0.2, 0.25) is 0 Å². The van der Waals surface area contributed by atoms with E-state index in [0.717, 1.165) is 5.56 Å². The smallest absolute Gasteiger partial charge is 0.273 e. The van der Waals surface area contributed by atoms with E-state index in [1.165, 1.54) is 4.68 Å². The maximum atomic E-state index is 11.8. The van der Waals surface area contributed by atoms with Crippen LogP contribution in [0.25, 0.3) is 22.6 Å². The Morgan fingerprint density at radius 1 is 1.40 bits per heavy atom. The zero-order valence-electron chi connectivity index (χ0n) is 13.9. The van der Waals surface area contributed by atoms with Crippen LogP contribution < -0.4 is 11.3 Å². The van der Waals surface area contributed by atoms with Crippen molar-refractivity contribution in [3.8, 4) is 11.5 Å². The molecule has 10 heteroatoms. The summed E-state index contributed by atoms with van der Waals surface area (Å²) >= 11 is 0. The molecule has 3 heterocycles. The number of rotatable bonds is 6. The maximum absolute atomic E-state index is 11.8. The van der Waals surface area contributed by atoms with Crippen LogP contribution in [0.3, 0.4) is 0 Å². The highest BCUT2D eigenvalue weighted by Crippen LogP contribution is 2.21. The summed E-state index contributed by atoms with van der Waals surface area (Å²) in [5.41, 5.74) is 6.58. The number of aryl methyl sites for hydroxylation is 1. The number of pyridine rings is 1. The lowest BCUT2D eigenvalue weighted by atomic mass is 10.1. The minimum atomic E-state index is -0.612. The second kappa shape index (κ2) is 6.48. The van der Waals surface area contributed by atoms with Crippen LogP contribution in [0.1, 0.15) is 24.7 Å². The zero-order valence-corrected chi connectivity index (χ0v) is 13.9. The number of primary amides is 1. The van der Waals surface area contributed by atoms with Crippen molar-refractivity contribution in [1.29, 1.82) is 0 Å². The maximum Gasteiger partial charge on any atom is 0.273 e. The van der Waals surface area contributed by atoms with E-state index in [9.17, 15) is 14.7 Å². The van der Waals surface area contributed by atoms with Crippen LogP contribution in [-0.2, 0) is 17.8 Å². The molecule has 0 saturated carbocycles. The largest absolute Gasteiger partial charge is 0.391 e. The summed E-state index contributed by atoms with van der Waals surface area (Å²) in [5, 5.41) is 19.9. The summed E-state index contributed by atoms with van der Waals surface area (Å²) in [6, 6.07) is 1.72. The van der Waals surface area contributed by atoms with Crippen LogP contribution in [-0.4, -0.2) is 47.1 Å². The summed E-state index contributed by atoms with van der Waals surface area (Å²) in [5.74, 6) is 0.109. The fourth-order valence-corrected chi connectivity index (χ4v) is 2.61. The lowest BCUT2D eigenvalue weighted by Crippen LogP contribution is -2.18. The lowest BCUT2D eigenvalue weighted by molar-refractivity contribution is -0.117. The van der Waals surface area contributed by atoms with Gasteiger partial charge in [0.25, 0.3) is 5.56 Å². The van der Waals surface area contributed by atoms with E-state index >= 15 is 0 Å². The predicted molar refractivity (Wildman–Crippen MR) is 89.7 cm³/mol. The van der Waals surface area contributed by atoms with Crippen molar-refractivity contribution in [3.63, 3.8) is 0 Å². The number of hydrogen-bond acceptors (Lipinski definition) is 6. The van der Waals surface area contributed by atoms with Gasteiger partial charge >= 0.3 is 0 Å². The molecule has 132 valence electrons. The van der Waals surface area contributed by atoms with E-state index in [2.05, 4.69) is 25.3 Å². The summed E-state index contributed by atoms with van der Waals surface area (Å²) in [6.07, 6.45) is -0.176. The molecule has 1 amide bonds. The number of carbonyl (C=O) groups excluding carboxylic acids is 1. The van der Waals surface area contributed by atoms with Gasteiger partial charge in [0.2, 0.25) is 5.91 Å². The Bertz CT molecular complexity index is 985. The number of nitrogens with zero attached hydrogens (tertiary/aromatic N) is 4. The Hall–Kier alpha value is -3.01. The first-order valence-electron chi connectivity index (χ1n) is 7.87. The van der Waals surface area contributed by atoms with Crippen molar-refractivity contribution in [2.45, 2.75) is 39.3 Å². The number of nitrogens with one attached hydrogen (secondary N) is 2. The molecule has 0 bridgehead atoms. The van der Waals surface area contributed by atoms with Gasteiger partial charge in [0, 0.05) is 0 Å². The second-order valence-electron chi connectivity index (χ2n) is 5.87. The molecule has 0 spiro atoms. The van der Waals surface area contributed by atoms with Crippen LogP contribution in [0.15, 0.2) is 10.9 Å². The van der Waals surface area contributed by atoms with Gasteiger partial charge in [0.05, 0.1) is 24.5 Å². The Kier molecular flexibility index (Phi) is 4.36. The average Bonchev–Trinajstić information content (AvgIpc) is 3.10. The molecule has 1 unspecified atom stereocenters. The van der Waals surface area contributed by atoms with Crippen molar-refractivity contribution in [2.75, 3.05) is 0 Å². The Balaban J connectivity index is 2.12. The van der Waals surface area contributed by atoms with Crippen molar-refractivity contribution >= 4 is 16.9 Å². The van der Waals surface area contributed by atoms with Crippen LogP contribution in [0.4, 0.5) is 0 Å². The number of aromatic amines is 2. The molecule has 0 radical (unpaired) electrons. The Labute approximate surface area is 142 Å². The molecular formula is C15H19N7O3. The number of hydrogen-bond donors (Lipinski definition) is 4. The van der Waals surface area contributed by atoms with Crippen molar-refractivity contribution in [2.24, 2.45) is 5.73 Å². The molecule has 1 atom stereocenters. The minimum absolute atomic E-state index is 0.107. The molecular weight excluding hydrogens is 326 g/mol. The third-order valence-corrected chi connectivity index (χ3v) is 3.87. The number of aromatic nitrogens is 6. The number of carbonyl (C=O) groups is 1. The van der Waals surface area contributed by atoms with Gasteiger partial charge in [-0.15, -0.1) is 0 Å². The predicted octanol–water partition coefficient (Wildman–Crippen LogP) is -0.383. The molecule has 3 aromatic rings. The highest BCUT2D eigenvalue weighted by molar-refractivity contribution is 5.80. The molecule has 0 saturated heterocycles. The van der Waals surface area contributed by atoms with E-state index in [0.29, 0.717) is 29.0 Å². The highest BCUT2D eigenvalue weighted by atomic mass is 16.3. The van der Waals surface area contributed by atoms with Crippen LogP contribution in [0, 0.1) is 6.92 Å². The molecule has 10 nitrogen and oxygen atoms in total. The number of H-pyrrole nitrogens is 2. The van der Waals surface area contributed by atoms with Gasteiger partial charge in [0.1, 0.15) is 5.69 Å². The van der Waals surface area contributed by atoms with Gasteiger partial charge in [-0.1, -0.05) is 6.92 Å². The second-order valence-corrected chi connectivity index (χ2v) is 5.87. The van der Waals surface area contributed by atoms with Crippen molar-refractivity contribution in [1.82, 2.24) is 29.9 Å². The number of nitrogens with two attached hydrogens (primary N) is 1. The van der Waals surface area contributed by atoms with E-state index < -0.39 is 12.0 Å². The molecule has 5 N–H and O–H groups in total. The molecule has 0 aliphatic heterocycles. The van der Waals surface area contributed by atoms with Crippen molar-refractivity contribution in [3.05, 3.63) is 27.8 Å². The molecule has 0 fully saturated rings. The van der Waals surface area contributed by atoms with Crippen LogP contribution in [0.5, 0.6) is 0 Å². The Morgan fingerprint density at radius 3 is 2.84 bits per heavy atom. The molecule has 3 aromatic heterocycles. The van der Waals surface area contributed by atoms with Crippen molar-refractivity contribution < 1.29 is 9.90 Å². The summed E-state index contributed by atoms with van der Waals surface area (Å²) in [6.45, 7) is 3.85. The van der Waals surface area contributed by atoms with Gasteiger partial charge in [-0.05, 0) is 25.0 Å². The quantitative estimate of drug-likeness (QED) is 0.477. The van der Waals surface area contributed by atoms with E-state index in [4.69, 9.17) is 5.73 Å². The average molecular weight is 345 g/mol. The first-order valence-corrected chi connectivity index (χ1v) is 7.87. The molecule has 0 aliphatic carbocycles. The number of aliphatic hydroxyl groups is 1. The standard InChI is InChI=1S/C15H19N7O3/c1-3-8(23)6-22-14(18-11(21-22)5-10(16)24)9-4-7(2)12-13(17-9)19-20-15(12)25/h4,8,23H,3,5-6H2,1-2H3,(H2,16,24)(H2,17,19,20,25). The van der Waals surface area contributed by atoms with Gasteiger partial charge < -0.3 is 10.8 Å². The third-order valence-electron chi connectivity index (χ3n) is 3.87.